The topological polar surface area (TPSA) is 43.1 Å². The zero-order chi connectivity index (χ0) is 13.0. The maximum Gasteiger partial charge on any atom is 0.153 e. The number of hydrogen-bond acceptors (Lipinski definition) is 2. The number of hydrogen-bond donors (Lipinski definition) is 1. The third kappa shape index (κ3) is 4.23. The molecule has 0 amide bonds. The highest BCUT2D eigenvalue weighted by molar-refractivity contribution is 5.85. The lowest BCUT2D eigenvalue weighted by molar-refractivity contribution is -0.120. The molecule has 0 radical (unpaired) electrons. The molecular weight excluding hydrogens is 224 g/mol. The number of rotatable bonds is 5. The van der Waals surface area contributed by atoms with E-state index >= 15 is 0 Å². The standard InChI is InChI=1S/C13H17F2NO/c1-8(2)5-12(16)13(17)7-9-6-10(14)3-4-11(9)15/h3-4,6,8,12H,5,7,16H2,1-2H3. The fourth-order valence-electron chi connectivity index (χ4n) is 1.64. The number of carbonyl (C=O) groups excluding carboxylic acids is 1. The SMILES string of the molecule is CC(C)CC(N)C(=O)Cc1cc(F)ccc1F. The van der Waals surface area contributed by atoms with Crippen molar-refractivity contribution in [1.29, 1.82) is 0 Å². The summed E-state index contributed by atoms with van der Waals surface area (Å²) in [6, 6.07) is 2.47. The molecule has 1 aromatic rings. The molecule has 17 heavy (non-hydrogen) atoms. The number of carbonyl (C=O) groups is 1. The summed E-state index contributed by atoms with van der Waals surface area (Å²) in [5, 5.41) is 0. The molecule has 1 unspecified atom stereocenters. The summed E-state index contributed by atoms with van der Waals surface area (Å²) in [5.74, 6) is -1.09. The van der Waals surface area contributed by atoms with Crippen LogP contribution in [-0.2, 0) is 11.2 Å². The van der Waals surface area contributed by atoms with Crippen LogP contribution in [0.25, 0.3) is 0 Å². The first-order valence-electron chi connectivity index (χ1n) is 5.62. The Hall–Kier alpha value is -1.29. The Labute approximate surface area is 99.8 Å². The second-order valence-electron chi connectivity index (χ2n) is 4.61. The number of halogens is 2. The molecule has 0 aliphatic heterocycles. The third-order valence-electron chi connectivity index (χ3n) is 2.51. The fraction of sp³-hybridized carbons (Fsp3) is 0.462. The Bertz CT molecular complexity index is 404. The smallest absolute Gasteiger partial charge is 0.153 e. The zero-order valence-electron chi connectivity index (χ0n) is 10.0. The van der Waals surface area contributed by atoms with Crippen molar-refractivity contribution in [2.24, 2.45) is 11.7 Å². The molecule has 0 aromatic heterocycles. The van der Waals surface area contributed by atoms with Crippen molar-refractivity contribution in [3.8, 4) is 0 Å². The Kier molecular flexibility index (Phi) is 4.75. The minimum Gasteiger partial charge on any atom is -0.321 e. The number of Topliss-reactive ketones (excluding diaryl/α,β-unsaturated/α-hetero) is 1. The van der Waals surface area contributed by atoms with E-state index in [1.165, 1.54) is 0 Å². The average molecular weight is 241 g/mol. The van der Waals surface area contributed by atoms with Gasteiger partial charge in [0.25, 0.3) is 0 Å². The average Bonchev–Trinajstić information content (AvgIpc) is 2.22. The summed E-state index contributed by atoms with van der Waals surface area (Å²) in [4.78, 5) is 11.7. The third-order valence-corrected chi connectivity index (χ3v) is 2.51. The Morgan fingerprint density at radius 2 is 2.00 bits per heavy atom. The summed E-state index contributed by atoms with van der Waals surface area (Å²) in [5.41, 5.74) is 5.75. The molecule has 0 spiro atoms. The van der Waals surface area contributed by atoms with Crippen molar-refractivity contribution in [3.05, 3.63) is 35.4 Å². The van der Waals surface area contributed by atoms with Crippen molar-refractivity contribution in [3.63, 3.8) is 0 Å². The molecule has 4 heteroatoms. The molecule has 94 valence electrons. The Balaban J connectivity index is 2.70. The van der Waals surface area contributed by atoms with Gasteiger partial charge in [0.15, 0.2) is 5.78 Å². The van der Waals surface area contributed by atoms with Gasteiger partial charge in [-0.1, -0.05) is 13.8 Å². The van der Waals surface area contributed by atoms with E-state index in [2.05, 4.69) is 0 Å². The summed E-state index contributed by atoms with van der Waals surface area (Å²) in [6.45, 7) is 3.91. The molecule has 0 saturated heterocycles. The lowest BCUT2D eigenvalue weighted by Gasteiger charge is -2.13. The number of benzene rings is 1. The molecule has 2 N–H and O–H groups in total. The van der Waals surface area contributed by atoms with Crippen LogP contribution in [0.15, 0.2) is 18.2 Å². The van der Waals surface area contributed by atoms with Gasteiger partial charge in [0.05, 0.1) is 6.04 Å². The molecule has 0 heterocycles. The van der Waals surface area contributed by atoms with E-state index in [9.17, 15) is 13.6 Å². The van der Waals surface area contributed by atoms with E-state index in [0.29, 0.717) is 12.3 Å². The lowest BCUT2D eigenvalue weighted by Crippen LogP contribution is -2.33. The van der Waals surface area contributed by atoms with E-state index in [0.717, 1.165) is 18.2 Å². The lowest BCUT2D eigenvalue weighted by atomic mass is 9.97. The molecule has 0 aliphatic rings. The summed E-state index contributed by atoms with van der Waals surface area (Å²) >= 11 is 0. The number of nitrogens with two attached hydrogens (primary N) is 1. The van der Waals surface area contributed by atoms with Gasteiger partial charge >= 0.3 is 0 Å². The second-order valence-corrected chi connectivity index (χ2v) is 4.61. The van der Waals surface area contributed by atoms with Gasteiger partial charge in [-0.3, -0.25) is 4.79 Å². The van der Waals surface area contributed by atoms with Crippen LogP contribution < -0.4 is 5.73 Å². The van der Waals surface area contributed by atoms with Crippen molar-refractivity contribution in [1.82, 2.24) is 0 Å². The van der Waals surface area contributed by atoms with Gasteiger partial charge < -0.3 is 5.73 Å². The minimum absolute atomic E-state index is 0.0641. The fourth-order valence-corrected chi connectivity index (χ4v) is 1.64. The molecule has 1 atom stereocenters. The van der Waals surface area contributed by atoms with Gasteiger partial charge in [-0.05, 0) is 36.1 Å². The molecule has 1 aromatic carbocycles. The van der Waals surface area contributed by atoms with Crippen LogP contribution in [0, 0.1) is 17.6 Å². The van der Waals surface area contributed by atoms with E-state index < -0.39 is 17.7 Å². The molecule has 0 fully saturated rings. The largest absolute Gasteiger partial charge is 0.321 e. The minimum atomic E-state index is -0.613. The molecular formula is C13H17F2NO. The predicted molar refractivity (Wildman–Crippen MR) is 62.5 cm³/mol. The van der Waals surface area contributed by atoms with Gasteiger partial charge in [0.2, 0.25) is 0 Å². The highest BCUT2D eigenvalue weighted by atomic mass is 19.1. The Morgan fingerprint density at radius 3 is 2.59 bits per heavy atom. The van der Waals surface area contributed by atoms with Crippen LogP contribution in [0.5, 0.6) is 0 Å². The van der Waals surface area contributed by atoms with Crippen LogP contribution in [0.4, 0.5) is 8.78 Å². The van der Waals surface area contributed by atoms with Gasteiger partial charge in [0.1, 0.15) is 11.6 Å². The van der Waals surface area contributed by atoms with Crippen molar-refractivity contribution in [2.75, 3.05) is 0 Å². The number of ketones is 1. The Morgan fingerprint density at radius 1 is 1.35 bits per heavy atom. The van der Waals surface area contributed by atoms with Crippen LogP contribution in [0.3, 0.4) is 0 Å². The highest BCUT2D eigenvalue weighted by Gasteiger charge is 2.17. The quantitative estimate of drug-likeness (QED) is 0.860. The summed E-state index contributed by atoms with van der Waals surface area (Å²) in [7, 11) is 0. The normalized spacial score (nSPS) is 12.8. The van der Waals surface area contributed by atoms with Crippen LogP contribution in [0.1, 0.15) is 25.8 Å². The first kappa shape index (κ1) is 13.8. The molecule has 2 nitrogen and oxygen atoms in total. The van der Waals surface area contributed by atoms with Gasteiger partial charge in [0, 0.05) is 6.42 Å². The van der Waals surface area contributed by atoms with E-state index in [4.69, 9.17) is 5.73 Å². The summed E-state index contributed by atoms with van der Waals surface area (Å²) < 4.78 is 26.2. The highest BCUT2D eigenvalue weighted by Crippen LogP contribution is 2.12. The predicted octanol–water partition coefficient (Wildman–Crippen LogP) is 2.45. The molecule has 0 aliphatic carbocycles. The second kappa shape index (κ2) is 5.87. The summed E-state index contributed by atoms with van der Waals surface area (Å²) in [6.07, 6.45) is 0.396. The zero-order valence-corrected chi connectivity index (χ0v) is 10.0. The maximum absolute atomic E-state index is 13.3. The van der Waals surface area contributed by atoms with Crippen molar-refractivity contribution < 1.29 is 13.6 Å². The van der Waals surface area contributed by atoms with E-state index in [-0.39, 0.29) is 17.8 Å². The van der Waals surface area contributed by atoms with Gasteiger partial charge in [-0.15, -0.1) is 0 Å². The van der Waals surface area contributed by atoms with Crippen LogP contribution in [-0.4, -0.2) is 11.8 Å². The molecule has 0 saturated carbocycles. The van der Waals surface area contributed by atoms with Crippen LogP contribution in [0.2, 0.25) is 0 Å². The first-order valence-corrected chi connectivity index (χ1v) is 5.62. The van der Waals surface area contributed by atoms with Crippen LogP contribution >= 0.6 is 0 Å². The van der Waals surface area contributed by atoms with E-state index in [1.807, 2.05) is 13.8 Å². The molecule has 1 rings (SSSR count). The van der Waals surface area contributed by atoms with Crippen molar-refractivity contribution >= 4 is 5.78 Å². The van der Waals surface area contributed by atoms with Gasteiger partial charge in [-0.25, -0.2) is 8.78 Å². The molecule has 0 bridgehead atoms. The van der Waals surface area contributed by atoms with Gasteiger partial charge in [-0.2, -0.15) is 0 Å². The monoisotopic (exact) mass is 241 g/mol. The maximum atomic E-state index is 13.3. The first-order chi connectivity index (χ1) is 7.90. The van der Waals surface area contributed by atoms with E-state index in [1.54, 1.807) is 0 Å². The van der Waals surface area contributed by atoms with Crippen molar-refractivity contribution in [2.45, 2.75) is 32.7 Å².